The summed E-state index contributed by atoms with van der Waals surface area (Å²) < 4.78 is 40.2. The Morgan fingerprint density at radius 2 is 1.83 bits per heavy atom. The first kappa shape index (κ1) is 16.9. The maximum Gasteiger partial charge on any atom is 0.338 e. The second-order valence-corrected chi connectivity index (χ2v) is 6.51. The Balaban J connectivity index is 2.15. The molecule has 0 aliphatic rings. The van der Waals surface area contributed by atoms with E-state index < -0.39 is 27.4 Å². The van der Waals surface area contributed by atoms with Crippen LogP contribution in [0.25, 0.3) is 5.57 Å². The van der Waals surface area contributed by atoms with Gasteiger partial charge in [-0.3, -0.25) is 0 Å². The third-order valence-electron chi connectivity index (χ3n) is 3.14. The van der Waals surface area contributed by atoms with E-state index in [0.29, 0.717) is 11.6 Å². The highest BCUT2D eigenvalue weighted by atomic mass is 32.2. The summed E-state index contributed by atoms with van der Waals surface area (Å²) in [7, 11) is -3.97. The molecule has 0 spiro atoms. The van der Waals surface area contributed by atoms with Gasteiger partial charge in [-0.1, -0.05) is 36.9 Å². The van der Waals surface area contributed by atoms with Crippen molar-refractivity contribution in [2.45, 2.75) is 4.90 Å². The molecule has 0 amide bonds. The van der Waals surface area contributed by atoms with E-state index >= 15 is 0 Å². The zero-order valence-electron chi connectivity index (χ0n) is 12.0. The van der Waals surface area contributed by atoms with Crippen LogP contribution < -0.4 is 4.72 Å². The number of aromatic carboxylic acids is 1. The van der Waals surface area contributed by atoms with Crippen molar-refractivity contribution in [1.29, 1.82) is 0 Å². The highest BCUT2D eigenvalue weighted by Crippen LogP contribution is 2.16. The number of carbonyl (C=O) groups is 1. The van der Waals surface area contributed by atoms with Gasteiger partial charge < -0.3 is 5.11 Å². The van der Waals surface area contributed by atoms with E-state index in [1.54, 1.807) is 24.3 Å². The van der Waals surface area contributed by atoms with Crippen molar-refractivity contribution in [2.24, 2.45) is 0 Å². The minimum Gasteiger partial charge on any atom is -0.478 e. The van der Waals surface area contributed by atoms with Crippen LogP contribution in [-0.2, 0) is 10.0 Å². The van der Waals surface area contributed by atoms with E-state index in [1.807, 2.05) is 6.07 Å². The van der Waals surface area contributed by atoms with Crippen LogP contribution in [-0.4, -0.2) is 26.0 Å². The number of carboxylic acid groups (broad SMARTS) is 1. The van der Waals surface area contributed by atoms with Gasteiger partial charge in [-0.05, 0) is 29.3 Å². The zero-order valence-corrected chi connectivity index (χ0v) is 12.8. The summed E-state index contributed by atoms with van der Waals surface area (Å²) in [5.74, 6) is -2.57. The molecule has 2 aromatic rings. The van der Waals surface area contributed by atoms with Crippen LogP contribution in [0, 0.1) is 5.82 Å². The lowest BCUT2D eigenvalue weighted by atomic mass is 10.1. The van der Waals surface area contributed by atoms with Gasteiger partial charge in [-0.2, -0.15) is 0 Å². The minimum absolute atomic E-state index is 0.0470. The van der Waals surface area contributed by atoms with Crippen molar-refractivity contribution in [3.63, 3.8) is 0 Å². The number of hydrogen-bond acceptors (Lipinski definition) is 3. The van der Waals surface area contributed by atoms with Crippen molar-refractivity contribution in [3.8, 4) is 0 Å². The largest absolute Gasteiger partial charge is 0.478 e. The molecule has 0 atom stereocenters. The molecule has 0 unspecified atom stereocenters. The summed E-state index contributed by atoms with van der Waals surface area (Å²) in [4.78, 5) is 10.4. The second kappa shape index (κ2) is 6.72. The van der Waals surface area contributed by atoms with Crippen molar-refractivity contribution < 1.29 is 22.7 Å². The van der Waals surface area contributed by atoms with Crippen molar-refractivity contribution >= 4 is 21.6 Å². The van der Waals surface area contributed by atoms with Crippen molar-refractivity contribution in [1.82, 2.24) is 4.72 Å². The van der Waals surface area contributed by atoms with E-state index in [2.05, 4.69) is 11.3 Å². The molecule has 0 saturated carbocycles. The Morgan fingerprint density at radius 1 is 1.17 bits per heavy atom. The fraction of sp³-hybridized carbons (Fsp3) is 0.0625. The topological polar surface area (TPSA) is 83.5 Å². The molecule has 0 aliphatic heterocycles. The molecular weight excluding hydrogens is 321 g/mol. The summed E-state index contributed by atoms with van der Waals surface area (Å²) in [5.41, 5.74) is 0.747. The van der Waals surface area contributed by atoms with Crippen molar-refractivity contribution in [2.75, 3.05) is 6.54 Å². The molecule has 0 radical (unpaired) electrons. The average Bonchev–Trinajstić information content (AvgIpc) is 2.53. The van der Waals surface area contributed by atoms with Gasteiger partial charge >= 0.3 is 5.97 Å². The fourth-order valence-corrected chi connectivity index (χ4v) is 2.91. The molecule has 23 heavy (non-hydrogen) atoms. The number of hydrogen-bond donors (Lipinski definition) is 2. The number of sulfonamides is 1. The van der Waals surface area contributed by atoms with Gasteiger partial charge in [0.1, 0.15) is 5.82 Å². The molecule has 0 heterocycles. The van der Waals surface area contributed by atoms with Crippen LogP contribution in [0.3, 0.4) is 0 Å². The van der Waals surface area contributed by atoms with Crippen LogP contribution in [0.2, 0.25) is 0 Å². The molecule has 2 N–H and O–H groups in total. The Kier molecular flexibility index (Phi) is 4.92. The number of halogens is 1. The highest BCUT2D eigenvalue weighted by molar-refractivity contribution is 7.89. The lowest BCUT2D eigenvalue weighted by Gasteiger charge is -2.10. The summed E-state index contributed by atoms with van der Waals surface area (Å²) in [5, 5.41) is 8.74. The van der Waals surface area contributed by atoms with Gasteiger partial charge in [0.25, 0.3) is 0 Å². The van der Waals surface area contributed by atoms with Gasteiger partial charge in [0.2, 0.25) is 10.0 Å². The predicted octanol–water partition coefficient (Wildman–Crippen LogP) is 2.52. The molecular formula is C16H14FNO4S. The monoisotopic (exact) mass is 335 g/mol. The van der Waals surface area contributed by atoms with E-state index in [0.717, 1.165) is 17.7 Å². The smallest absolute Gasteiger partial charge is 0.338 e. The maximum atomic E-state index is 13.6. The molecule has 0 saturated heterocycles. The van der Waals surface area contributed by atoms with Crippen LogP contribution >= 0.6 is 0 Å². The van der Waals surface area contributed by atoms with Gasteiger partial charge in [0.05, 0.1) is 10.5 Å². The number of carboxylic acids is 1. The van der Waals surface area contributed by atoms with Gasteiger partial charge in [-0.15, -0.1) is 0 Å². The quantitative estimate of drug-likeness (QED) is 0.850. The Labute approximate surface area is 133 Å². The third kappa shape index (κ3) is 4.02. The number of nitrogens with one attached hydrogen (secondary N) is 1. The predicted molar refractivity (Wildman–Crippen MR) is 84.0 cm³/mol. The SMILES string of the molecule is C=C(CNS(=O)(=O)c1ccc(C(=O)O)c(F)c1)c1ccccc1. The lowest BCUT2D eigenvalue weighted by molar-refractivity contribution is 0.0691. The molecule has 120 valence electrons. The lowest BCUT2D eigenvalue weighted by Crippen LogP contribution is -2.25. The second-order valence-electron chi connectivity index (χ2n) is 4.74. The zero-order chi connectivity index (χ0) is 17.0. The normalized spacial score (nSPS) is 11.2. The summed E-state index contributed by atoms with van der Waals surface area (Å²) in [6.07, 6.45) is 0. The van der Waals surface area contributed by atoms with E-state index in [9.17, 15) is 17.6 Å². The molecule has 0 bridgehead atoms. The summed E-state index contributed by atoms with van der Waals surface area (Å²) in [6.45, 7) is 3.75. The van der Waals surface area contributed by atoms with Gasteiger partial charge in [0, 0.05) is 6.54 Å². The van der Waals surface area contributed by atoms with E-state index in [4.69, 9.17) is 5.11 Å². The number of rotatable bonds is 6. The Hall–Kier alpha value is -2.51. The molecule has 7 heteroatoms. The average molecular weight is 335 g/mol. The highest BCUT2D eigenvalue weighted by Gasteiger charge is 2.18. The van der Waals surface area contributed by atoms with Crippen molar-refractivity contribution in [3.05, 3.63) is 72.1 Å². The third-order valence-corrected chi connectivity index (χ3v) is 4.54. The van der Waals surface area contributed by atoms with Gasteiger partial charge in [-0.25, -0.2) is 22.3 Å². The first-order chi connectivity index (χ1) is 10.8. The minimum atomic E-state index is -3.97. The summed E-state index contributed by atoms with van der Waals surface area (Å²) >= 11 is 0. The van der Waals surface area contributed by atoms with Crippen LogP contribution in [0.15, 0.2) is 60.0 Å². The first-order valence-electron chi connectivity index (χ1n) is 6.57. The van der Waals surface area contributed by atoms with Crippen LogP contribution in [0.5, 0.6) is 0 Å². The van der Waals surface area contributed by atoms with Crippen LogP contribution in [0.4, 0.5) is 4.39 Å². The molecule has 2 aromatic carbocycles. The first-order valence-corrected chi connectivity index (χ1v) is 8.05. The number of benzene rings is 2. The van der Waals surface area contributed by atoms with Gasteiger partial charge in [0.15, 0.2) is 0 Å². The Morgan fingerprint density at radius 3 is 2.39 bits per heavy atom. The standard InChI is InChI=1S/C16H14FNO4S/c1-11(12-5-3-2-4-6-12)10-18-23(21,22)13-7-8-14(16(19)20)15(17)9-13/h2-9,18H,1,10H2,(H,19,20). The van der Waals surface area contributed by atoms with E-state index in [1.165, 1.54) is 0 Å². The maximum absolute atomic E-state index is 13.6. The molecule has 0 fully saturated rings. The summed E-state index contributed by atoms with van der Waals surface area (Å²) in [6, 6.07) is 11.6. The molecule has 5 nitrogen and oxygen atoms in total. The molecule has 0 aliphatic carbocycles. The van der Waals surface area contributed by atoms with Crippen LogP contribution in [0.1, 0.15) is 15.9 Å². The molecule has 2 rings (SSSR count). The fourth-order valence-electron chi connectivity index (χ4n) is 1.88. The Bertz CT molecular complexity index is 848. The van der Waals surface area contributed by atoms with E-state index in [-0.39, 0.29) is 11.4 Å². The molecule has 0 aromatic heterocycles.